The normalized spacial score (nSPS) is 15.3. The molecule has 184 valence electrons. The summed E-state index contributed by atoms with van der Waals surface area (Å²) in [6.07, 6.45) is -0.271. The Balaban J connectivity index is 1.72. The predicted molar refractivity (Wildman–Crippen MR) is 134 cm³/mol. The Morgan fingerprint density at radius 1 is 1.14 bits per heavy atom. The lowest BCUT2D eigenvalue weighted by Gasteiger charge is -2.28. The summed E-state index contributed by atoms with van der Waals surface area (Å²) in [4.78, 5) is 17.8. The molecular weight excluding hydrogens is 467 g/mol. The molecule has 1 unspecified atom stereocenters. The van der Waals surface area contributed by atoms with Gasteiger partial charge in [-0.05, 0) is 63.9 Å². The highest BCUT2D eigenvalue weighted by atomic mass is 32.2. The highest BCUT2D eigenvalue weighted by molar-refractivity contribution is 7.98. The number of hydrogen-bond acceptors (Lipinski definition) is 7. The highest BCUT2D eigenvalue weighted by Gasteiger charge is 2.35. The Bertz CT molecular complexity index is 1250. The van der Waals surface area contributed by atoms with E-state index in [1.807, 2.05) is 58.9 Å². The summed E-state index contributed by atoms with van der Waals surface area (Å²) in [6, 6.07) is 13.7. The fourth-order valence-electron chi connectivity index (χ4n) is 3.83. The first kappa shape index (κ1) is 24.8. The van der Waals surface area contributed by atoms with Crippen LogP contribution in [-0.4, -0.2) is 32.9 Å². The Hall–Kier alpha value is -3.33. The Morgan fingerprint density at radius 2 is 1.91 bits per heavy atom. The Kier molecular flexibility index (Phi) is 7.45. The highest BCUT2D eigenvalue weighted by Crippen LogP contribution is 2.38. The number of benzene rings is 2. The minimum atomic E-state index is -0.566. The van der Waals surface area contributed by atoms with E-state index in [9.17, 15) is 9.18 Å². The van der Waals surface area contributed by atoms with Crippen LogP contribution in [0, 0.1) is 5.82 Å². The maximum atomic E-state index is 14.1. The van der Waals surface area contributed by atoms with Gasteiger partial charge >= 0.3 is 5.97 Å². The van der Waals surface area contributed by atoms with E-state index >= 15 is 0 Å². The molecule has 1 atom stereocenters. The van der Waals surface area contributed by atoms with Gasteiger partial charge in [0.15, 0.2) is 0 Å². The Labute approximate surface area is 208 Å². The fourth-order valence-corrected chi connectivity index (χ4v) is 4.65. The first-order valence-electron chi connectivity index (χ1n) is 11.5. The third-order valence-corrected chi connectivity index (χ3v) is 6.14. The van der Waals surface area contributed by atoms with E-state index in [4.69, 9.17) is 14.6 Å². The van der Waals surface area contributed by atoms with Crippen molar-refractivity contribution in [3.63, 3.8) is 0 Å². The first-order valence-corrected chi connectivity index (χ1v) is 12.5. The monoisotopic (exact) mass is 496 g/mol. The zero-order chi connectivity index (χ0) is 25.1. The number of hydrogen-bond donors (Lipinski definition) is 1. The van der Waals surface area contributed by atoms with Gasteiger partial charge in [-0.2, -0.15) is 4.98 Å². The molecule has 4 rings (SSSR count). The minimum Gasteiger partial charge on any atom is -0.491 e. The second kappa shape index (κ2) is 10.5. The molecule has 0 bridgehead atoms. The molecule has 1 aliphatic heterocycles. The van der Waals surface area contributed by atoms with Crippen molar-refractivity contribution in [2.45, 2.75) is 63.8 Å². The van der Waals surface area contributed by atoms with Gasteiger partial charge in [-0.25, -0.2) is 13.9 Å². The number of thioether (sulfide) groups is 1. The number of allylic oxidation sites excluding steroid dienone is 1. The number of anilines is 1. The summed E-state index contributed by atoms with van der Waals surface area (Å²) in [5.74, 6) is 0.888. The summed E-state index contributed by atoms with van der Waals surface area (Å²) >= 11 is 1.33. The van der Waals surface area contributed by atoms with Crippen molar-refractivity contribution in [2.24, 2.45) is 0 Å². The molecule has 0 spiro atoms. The standard InChI is InChI=1S/C26H29FN4O3S/c1-15(2)33-20-11-8-10-18(13-20)23-22(24(32)34-16(3)4)17(5)28-25-29-26(30-31(23)25)35-14-19-9-6-7-12-21(19)27/h6-13,15-16,23H,14H2,1-5H3,(H,28,29,30). The third kappa shape index (κ3) is 5.67. The number of aromatic nitrogens is 3. The van der Waals surface area contributed by atoms with Gasteiger partial charge in [-0.15, -0.1) is 5.10 Å². The molecule has 0 fully saturated rings. The number of nitrogens with one attached hydrogen (secondary N) is 1. The molecule has 2 heterocycles. The third-order valence-electron chi connectivity index (χ3n) is 5.26. The maximum absolute atomic E-state index is 14.1. The average molecular weight is 497 g/mol. The molecule has 3 aromatic rings. The topological polar surface area (TPSA) is 78.3 Å². The molecule has 1 aliphatic rings. The molecule has 7 nitrogen and oxygen atoms in total. The van der Waals surface area contributed by atoms with E-state index in [2.05, 4.69) is 10.3 Å². The van der Waals surface area contributed by atoms with Crippen LogP contribution in [0.5, 0.6) is 5.75 Å². The SMILES string of the molecule is CC1=C(C(=O)OC(C)C)C(c2cccc(OC(C)C)c2)n2nc(SCc3ccccc3F)nc2N1. The van der Waals surface area contributed by atoms with Crippen LogP contribution in [0.15, 0.2) is 65.0 Å². The van der Waals surface area contributed by atoms with E-state index in [1.54, 1.807) is 22.9 Å². The van der Waals surface area contributed by atoms with Gasteiger partial charge in [0.1, 0.15) is 17.6 Å². The molecule has 0 radical (unpaired) electrons. The van der Waals surface area contributed by atoms with Crippen LogP contribution >= 0.6 is 11.8 Å². The molecule has 9 heteroatoms. The van der Waals surface area contributed by atoms with Crippen molar-refractivity contribution >= 4 is 23.7 Å². The summed E-state index contributed by atoms with van der Waals surface area (Å²) in [5.41, 5.74) is 2.48. The molecule has 1 N–H and O–H groups in total. The van der Waals surface area contributed by atoms with E-state index < -0.39 is 12.0 Å². The number of fused-ring (bicyclic) bond motifs is 1. The second-order valence-electron chi connectivity index (χ2n) is 8.80. The predicted octanol–water partition coefficient (Wildman–Crippen LogP) is 5.74. The van der Waals surface area contributed by atoms with Crippen LogP contribution in [0.25, 0.3) is 0 Å². The van der Waals surface area contributed by atoms with Gasteiger partial charge in [0.2, 0.25) is 11.1 Å². The number of halogens is 1. The van der Waals surface area contributed by atoms with Crippen molar-refractivity contribution in [3.05, 3.63) is 76.7 Å². The van der Waals surface area contributed by atoms with Gasteiger partial charge in [0.05, 0.1) is 17.8 Å². The molecule has 1 aromatic heterocycles. The van der Waals surface area contributed by atoms with Crippen LogP contribution in [0.4, 0.5) is 10.3 Å². The van der Waals surface area contributed by atoms with Gasteiger partial charge in [0, 0.05) is 11.4 Å². The number of esters is 1. The summed E-state index contributed by atoms with van der Waals surface area (Å²) in [5, 5.41) is 8.35. The van der Waals surface area contributed by atoms with Crippen LogP contribution < -0.4 is 10.1 Å². The lowest BCUT2D eigenvalue weighted by molar-refractivity contribution is -0.143. The number of carbonyl (C=O) groups excluding carboxylic acids is 1. The molecule has 35 heavy (non-hydrogen) atoms. The van der Waals surface area contributed by atoms with Gasteiger partial charge in [-0.3, -0.25) is 0 Å². The van der Waals surface area contributed by atoms with E-state index in [-0.39, 0.29) is 18.0 Å². The van der Waals surface area contributed by atoms with Crippen LogP contribution in [0.2, 0.25) is 0 Å². The number of ether oxygens (including phenoxy) is 2. The number of carbonyl (C=O) groups is 1. The fraction of sp³-hybridized carbons (Fsp3) is 0.346. The Morgan fingerprint density at radius 3 is 2.63 bits per heavy atom. The summed E-state index contributed by atoms with van der Waals surface area (Å²) < 4.78 is 27.2. The quantitative estimate of drug-likeness (QED) is 0.315. The molecular formula is C26H29FN4O3S. The van der Waals surface area contributed by atoms with E-state index in [0.717, 1.165) is 5.56 Å². The van der Waals surface area contributed by atoms with Crippen LogP contribution in [0.3, 0.4) is 0 Å². The first-order chi connectivity index (χ1) is 16.7. The number of nitrogens with zero attached hydrogens (tertiary/aromatic N) is 3. The van der Waals surface area contributed by atoms with Crippen molar-refractivity contribution in [2.75, 3.05) is 5.32 Å². The zero-order valence-electron chi connectivity index (χ0n) is 20.4. The van der Waals surface area contributed by atoms with Gasteiger partial charge in [0.25, 0.3) is 0 Å². The second-order valence-corrected chi connectivity index (χ2v) is 9.74. The van der Waals surface area contributed by atoms with Crippen LogP contribution in [-0.2, 0) is 15.3 Å². The van der Waals surface area contributed by atoms with Crippen molar-refractivity contribution in [1.82, 2.24) is 14.8 Å². The van der Waals surface area contributed by atoms with E-state index in [1.165, 1.54) is 17.8 Å². The number of rotatable bonds is 8. The largest absolute Gasteiger partial charge is 0.491 e. The van der Waals surface area contributed by atoms with Crippen molar-refractivity contribution < 1.29 is 18.7 Å². The molecule has 2 aromatic carbocycles. The zero-order valence-corrected chi connectivity index (χ0v) is 21.2. The average Bonchev–Trinajstić information content (AvgIpc) is 3.19. The minimum absolute atomic E-state index is 0.00393. The summed E-state index contributed by atoms with van der Waals surface area (Å²) in [7, 11) is 0. The molecule has 0 saturated heterocycles. The maximum Gasteiger partial charge on any atom is 0.338 e. The van der Waals surface area contributed by atoms with Crippen molar-refractivity contribution in [1.29, 1.82) is 0 Å². The summed E-state index contributed by atoms with van der Waals surface area (Å²) in [6.45, 7) is 9.37. The van der Waals surface area contributed by atoms with Gasteiger partial charge in [-0.1, -0.05) is 42.1 Å². The molecule has 0 amide bonds. The smallest absolute Gasteiger partial charge is 0.338 e. The van der Waals surface area contributed by atoms with E-state index in [0.29, 0.717) is 39.4 Å². The van der Waals surface area contributed by atoms with Gasteiger partial charge < -0.3 is 14.8 Å². The molecule has 0 aliphatic carbocycles. The van der Waals surface area contributed by atoms with Crippen molar-refractivity contribution in [3.8, 4) is 5.75 Å². The van der Waals surface area contributed by atoms with Crippen LogP contribution in [0.1, 0.15) is 51.8 Å². The molecule has 0 saturated carbocycles. The lowest BCUT2D eigenvalue weighted by Crippen LogP contribution is -2.30. The lowest BCUT2D eigenvalue weighted by atomic mass is 9.95.